The zero-order chi connectivity index (χ0) is 10.7. The third-order valence-corrected chi connectivity index (χ3v) is 2.84. The first-order valence-electron chi connectivity index (χ1n) is 5.34. The normalized spacial score (nSPS) is 16.4. The summed E-state index contributed by atoms with van der Waals surface area (Å²) in [5, 5.41) is 9.42. The summed E-state index contributed by atoms with van der Waals surface area (Å²) >= 11 is 0. The van der Waals surface area contributed by atoms with E-state index in [-0.39, 0.29) is 5.75 Å². The lowest BCUT2D eigenvalue weighted by Crippen LogP contribution is -2.30. The highest BCUT2D eigenvalue weighted by Crippen LogP contribution is 2.26. The molecule has 1 aliphatic heterocycles. The molecule has 0 aliphatic carbocycles. The van der Waals surface area contributed by atoms with E-state index in [2.05, 4.69) is 4.90 Å². The van der Waals surface area contributed by atoms with Crippen molar-refractivity contribution in [2.75, 3.05) is 18.0 Å². The molecule has 0 radical (unpaired) electrons. The molecule has 0 saturated carbocycles. The van der Waals surface area contributed by atoms with Crippen LogP contribution in [0.4, 0.5) is 5.69 Å². The van der Waals surface area contributed by atoms with Crippen molar-refractivity contribution in [2.45, 2.75) is 19.3 Å². The number of nitrogens with zero attached hydrogens (tertiary/aromatic N) is 1. The van der Waals surface area contributed by atoms with E-state index in [1.165, 1.54) is 6.42 Å². The van der Waals surface area contributed by atoms with Crippen LogP contribution in [0.2, 0.25) is 0 Å². The van der Waals surface area contributed by atoms with Crippen molar-refractivity contribution >= 4 is 12.0 Å². The molecule has 0 bridgehead atoms. The number of phenols is 1. The number of piperidine rings is 1. The van der Waals surface area contributed by atoms with Gasteiger partial charge in [-0.05, 0) is 31.4 Å². The SMILES string of the molecule is O=Cc1ccc(O)cc1N1CCCCC1. The maximum absolute atomic E-state index is 10.9. The molecule has 0 spiro atoms. The van der Waals surface area contributed by atoms with Gasteiger partial charge >= 0.3 is 0 Å². The number of carbonyl (C=O) groups is 1. The molecule has 0 aromatic heterocycles. The van der Waals surface area contributed by atoms with Crippen LogP contribution in [0.25, 0.3) is 0 Å². The molecular weight excluding hydrogens is 190 g/mol. The van der Waals surface area contributed by atoms with Gasteiger partial charge in [0.1, 0.15) is 5.75 Å². The topological polar surface area (TPSA) is 40.5 Å². The van der Waals surface area contributed by atoms with Gasteiger partial charge in [0.2, 0.25) is 0 Å². The molecule has 1 aromatic carbocycles. The highest BCUT2D eigenvalue weighted by molar-refractivity contribution is 5.85. The summed E-state index contributed by atoms with van der Waals surface area (Å²) in [7, 11) is 0. The highest BCUT2D eigenvalue weighted by Gasteiger charge is 2.14. The minimum Gasteiger partial charge on any atom is -0.508 e. The molecule has 0 atom stereocenters. The van der Waals surface area contributed by atoms with Gasteiger partial charge in [0.15, 0.2) is 6.29 Å². The lowest BCUT2D eigenvalue weighted by Gasteiger charge is -2.29. The van der Waals surface area contributed by atoms with Crippen LogP contribution in [-0.4, -0.2) is 24.5 Å². The Morgan fingerprint density at radius 1 is 1.20 bits per heavy atom. The molecule has 0 unspecified atom stereocenters. The van der Waals surface area contributed by atoms with E-state index in [1.54, 1.807) is 18.2 Å². The van der Waals surface area contributed by atoms with Gasteiger partial charge in [-0.2, -0.15) is 0 Å². The number of anilines is 1. The minimum atomic E-state index is 0.223. The van der Waals surface area contributed by atoms with Crippen molar-refractivity contribution in [3.63, 3.8) is 0 Å². The molecule has 0 amide bonds. The Bertz CT molecular complexity index is 357. The van der Waals surface area contributed by atoms with E-state index in [0.717, 1.165) is 37.9 Å². The monoisotopic (exact) mass is 205 g/mol. The molecule has 1 saturated heterocycles. The number of aldehydes is 1. The molecule has 2 rings (SSSR count). The minimum absolute atomic E-state index is 0.223. The van der Waals surface area contributed by atoms with Crippen LogP contribution in [0.3, 0.4) is 0 Å². The van der Waals surface area contributed by atoms with Gasteiger partial charge in [0.25, 0.3) is 0 Å². The average molecular weight is 205 g/mol. The van der Waals surface area contributed by atoms with E-state index >= 15 is 0 Å². The van der Waals surface area contributed by atoms with Crippen LogP contribution in [0.5, 0.6) is 5.75 Å². The van der Waals surface area contributed by atoms with E-state index in [4.69, 9.17) is 0 Å². The number of benzene rings is 1. The Morgan fingerprint density at radius 3 is 2.60 bits per heavy atom. The Hall–Kier alpha value is -1.51. The molecule has 1 fully saturated rings. The quantitative estimate of drug-likeness (QED) is 0.752. The van der Waals surface area contributed by atoms with Crippen molar-refractivity contribution < 1.29 is 9.90 Å². The van der Waals surface area contributed by atoms with E-state index in [0.29, 0.717) is 5.56 Å². The van der Waals surface area contributed by atoms with Crippen LogP contribution in [0.15, 0.2) is 18.2 Å². The van der Waals surface area contributed by atoms with E-state index in [1.807, 2.05) is 0 Å². The second-order valence-corrected chi connectivity index (χ2v) is 3.91. The highest BCUT2D eigenvalue weighted by atomic mass is 16.3. The summed E-state index contributed by atoms with van der Waals surface area (Å²) < 4.78 is 0. The third kappa shape index (κ3) is 2.12. The van der Waals surface area contributed by atoms with Gasteiger partial charge in [-0.1, -0.05) is 0 Å². The van der Waals surface area contributed by atoms with Crippen LogP contribution in [0, 0.1) is 0 Å². The maximum atomic E-state index is 10.9. The zero-order valence-corrected chi connectivity index (χ0v) is 8.65. The van der Waals surface area contributed by atoms with Gasteiger partial charge in [-0.25, -0.2) is 0 Å². The standard InChI is InChI=1S/C12H15NO2/c14-9-10-4-5-11(15)8-12(10)13-6-2-1-3-7-13/h4-5,8-9,15H,1-3,6-7H2. The Kier molecular flexibility index (Phi) is 2.90. The van der Waals surface area contributed by atoms with Gasteiger partial charge in [0, 0.05) is 24.7 Å². The first kappa shape index (κ1) is 10.0. The third-order valence-electron chi connectivity index (χ3n) is 2.84. The van der Waals surface area contributed by atoms with E-state index in [9.17, 15) is 9.90 Å². The first-order valence-corrected chi connectivity index (χ1v) is 5.34. The van der Waals surface area contributed by atoms with Gasteiger partial charge in [0.05, 0.1) is 5.69 Å². The van der Waals surface area contributed by atoms with Crippen LogP contribution >= 0.6 is 0 Å². The Balaban J connectivity index is 2.31. The number of aromatic hydroxyl groups is 1. The molecular formula is C12H15NO2. The van der Waals surface area contributed by atoms with Crippen molar-refractivity contribution in [3.8, 4) is 5.75 Å². The fraction of sp³-hybridized carbons (Fsp3) is 0.417. The van der Waals surface area contributed by atoms with Crippen LogP contribution < -0.4 is 4.90 Å². The zero-order valence-electron chi connectivity index (χ0n) is 8.65. The summed E-state index contributed by atoms with van der Waals surface area (Å²) in [4.78, 5) is 13.0. The smallest absolute Gasteiger partial charge is 0.152 e. The van der Waals surface area contributed by atoms with Gasteiger partial charge in [-0.3, -0.25) is 4.79 Å². The fourth-order valence-corrected chi connectivity index (χ4v) is 2.04. The summed E-state index contributed by atoms with van der Waals surface area (Å²) in [6.45, 7) is 1.95. The summed E-state index contributed by atoms with van der Waals surface area (Å²) in [6.07, 6.45) is 4.43. The van der Waals surface area contributed by atoms with Gasteiger partial charge < -0.3 is 10.0 Å². The number of hydrogen-bond donors (Lipinski definition) is 1. The van der Waals surface area contributed by atoms with E-state index < -0.39 is 0 Å². The summed E-state index contributed by atoms with van der Waals surface area (Å²) in [6, 6.07) is 4.90. The molecule has 80 valence electrons. The molecule has 1 N–H and O–H groups in total. The van der Waals surface area contributed by atoms with Crippen molar-refractivity contribution in [1.82, 2.24) is 0 Å². The van der Waals surface area contributed by atoms with Gasteiger partial charge in [-0.15, -0.1) is 0 Å². The maximum Gasteiger partial charge on any atom is 0.152 e. The van der Waals surface area contributed by atoms with Crippen molar-refractivity contribution in [2.24, 2.45) is 0 Å². The molecule has 15 heavy (non-hydrogen) atoms. The number of rotatable bonds is 2. The Morgan fingerprint density at radius 2 is 1.93 bits per heavy atom. The lowest BCUT2D eigenvalue weighted by molar-refractivity contribution is 0.112. The van der Waals surface area contributed by atoms with Crippen molar-refractivity contribution in [3.05, 3.63) is 23.8 Å². The Labute approximate surface area is 89.3 Å². The summed E-state index contributed by atoms with van der Waals surface area (Å²) in [5.41, 5.74) is 1.53. The first-order chi connectivity index (χ1) is 7.31. The number of carbonyl (C=O) groups excluding carboxylic acids is 1. The van der Waals surface area contributed by atoms with Crippen LogP contribution in [-0.2, 0) is 0 Å². The second kappa shape index (κ2) is 4.34. The van der Waals surface area contributed by atoms with Crippen molar-refractivity contribution in [1.29, 1.82) is 0 Å². The fourth-order valence-electron chi connectivity index (χ4n) is 2.04. The molecule has 1 aromatic rings. The number of phenolic OH excluding ortho intramolecular Hbond substituents is 1. The van der Waals surface area contributed by atoms with Crippen LogP contribution in [0.1, 0.15) is 29.6 Å². The predicted molar refractivity (Wildman–Crippen MR) is 59.6 cm³/mol. The second-order valence-electron chi connectivity index (χ2n) is 3.91. The molecule has 1 aliphatic rings. The lowest BCUT2D eigenvalue weighted by atomic mass is 10.1. The largest absolute Gasteiger partial charge is 0.508 e. The average Bonchev–Trinajstić information content (AvgIpc) is 2.30. The number of hydrogen-bond acceptors (Lipinski definition) is 3. The molecule has 3 nitrogen and oxygen atoms in total. The molecule has 3 heteroatoms. The predicted octanol–water partition coefficient (Wildman–Crippen LogP) is 2.20. The summed E-state index contributed by atoms with van der Waals surface area (Å²) in [5.74, 6) is 0.223. The molecule has 1 heterocycles.